The summed E-state index contributed by atoms with van der Waals surface area (Å²) < 4.78 is 0. The minimum atomic E-state index is -0.374. The summed E-state index contributed by atoms with van der Waals surface area (Å²) in [5.41, 5.74) is 0.134. The molecule has 0 spiro atoms. The van der Waals surface area contributed by atoms with Gasteiger partial charge in [0.05, 0.1) is 18.5 Å². The molecule has 1 aromatic heterocycles. The molecule has 0 aliphatic carbocycles. The summed E-state index contributed by atoms with van der Waals surface area (Å²) in [6.07, 6.45) is 2.64. The summed E-state index contributed by atoms with van der Waals surface area (Å²) in [7, 11) is 1.51. The highest BCUT2D eigenvalue weighted by atomic mass is 35.5. The molecule has 1 aromatic rings. The second-order valence-corrected chi connectivity index (χ2v) is 2.93. The summed E-state index contributed by atoms with van der Waals surface area (Å²) in [5, 5.41) is 8.53. The topological polar surface area (TPSA) is 69.9 Å². The van der Waals surface area contributed by atoms with Gasteiger partial charge in [0.2, 0.25) is 0 Å². The van der Waals surface area contributed by atoms with Gasteiger partial charge in [-0.2, -0.15) is 5.26 Å². The van der Waals surface area contributed by atoms with Crippen molar-refractivity contribution in [2.24, 2.45) is 0 Å². The Balaban J connectivity index is 2.85. The highest BCUT2D eigenvalue weighted by Gasteiger charge is 2.12. The predicted octanol–water partition coefficient (Wildman–Crippen LogP) is 0.726. The number of halogens is 1. The van der Waals surface area contributed by atoms with Gasteiger partial charge in [0, 0.05) is 7.05 Å². The Morgan fingerprint density at radius 3 is 3.00 bits per heavy atom. The van der Waals surface area contributed by atoms with Crippen LogP contribution in [0.5, 0.6) is 0 Å². The molecule has 0 saturated heterocycles. The lowest BCUT2D eigenvalue weighted by Crippen LogP contribution is -2.27. The van der Waals surface area contributed by atoms with E-state index in [0.29, 0.717) is 0 Å². The number of rotatable bonds is 2. The first-order valence-electron chi connectivity index (χ1n) is 3.75. The number of amides is 1. The molecule has 14 heavy (non-hydrogen) atoms. The van der Waals surface area contributed by atoms with Crippen molar-refractivity contribution >= 4 is 17.5 Å². The van der Waals surface area contributed by atoms with Crippen LogP contribution in [0.1, 0.15) is 10.5 Å². The SMILES string of the molecule is CN(CC#N)C(=O)c1cncc(Cl)n1. The largest absolute Gasteiger partial charge is 0.327 e. The number of carbonyl (C=O) groups excluding carboxylic acids is 1. The fourth-order valence-electron chi connectivity index (χ4n) is 0.819. The third-order valence-corrected chi connectivity index (χ3v) is 1.66. The Labute approximate surface area is 85.9 Å². The van der Waals surface area contributed by atoms with Gasteiger partial charge in [0.25, 0.3) is 5.91 Å². The number of nitrogens with zero attached hydrogens (tertiary/aromatic N) is 4. The van der Waals surface area contributed by atoms with E-state index in [-0.39, 0.29) is 23.3 Å². The van der Waals surface area contributed by atoms with Crippen LogP contribution in [0.4, 0.5) is 0 Å². The molecular weight excluding hydrogens is 204 g/mol. The van der Waals surface area contributed by atoms with E-state index in [9.17, 15) is 4.79 Å². The van der Waals surface area contributed by atoms with E-state index < -0.39 is 0 Å². The summed E-state index contributed by atoms with van der Waals surface area (Å²) in [6.45, 7) is 0.00697. The van der Waals surface area contributed by atoms with Gasteiger partial charge in [-0.25, -0.2) is 4.98 Å². The summed E-state index contributed by atoms with van der Waals surface area (Å²) in [5.74, 6) is -0.374. The van der Waals surface area contributed by atoms with Gasteiger partial charge in [-0.15, -0.1) is 0 Å². The standard InChI is InChI=1S/C8H7ClN4O/c1-13(3-2-10)8(14)6-4-11-5-7(9)12-6/h4-5H,3H2,1H3. The van der Waals surface area contributed by atoms with Crippen LogP contribution in [0.25, 0.3) is 0 Å². The van der Waals surface area contributed by atoms with Gasteiger partial charge in [-0.1, -0.05) is 11.6 Å². The van der Waals surface area contributed by atoms with Gasteiger partial charge >= 0.3 is 0 Å². The van der Waals surface area contributed by atoms with Gasteiger partial charge in [0.15, 0.2) is 0 Å². The molecule has 1 amide bonds. The van der Waals surface area contributed by atoms with Crippen LogP contribution < -0.4 is 0 Å². The first kappa shape index (κ1) is 10.4. The van der Waals surface area contributed by atoms with Crippen LogP contribution in [0.3, 0.4) is 0 Å². The van der Waals surface area contributed by atoms with Crippen molar-refractivity contribution in [3.63, 3.8) is 0 Å². The van der Waals surface area contributed by atoms with E-state index in [2.05, 4.69) is 9.97 Å². The molecule has 0 N–H and O–H groups in total. The predicted molar refractivity (Wildman–Crippen MR) is 49.6 cm³/mol. The summed E-state index contributed by atoms with van der Waals surface area (Å²) >= 11 is 5.56. The van der Waals surface area contributed by atoms with E-state index in [0.717, 1.165) is 0 Å². The lowest BCUT2D eigenvalue weighted by Gasteiger charge is -2.11. The van der Waals surface area contributed by atoms with E-state index in [1.807, 2.05) is 6.07 Å². The lowest BCUT2D eigenvalue weighted by molar-refractivity contribution is 0.0806. The smallest absolute Gasteiger partial charge is 0.274 e. The molecule has 0 aliphatic heterocycles. The Kier molecular flexibility index (Phi) is 3.37. The fourth-order valence-corrected chi connectivity index (χ4v) is 0.966. The molecule has 0 aromatic carbocycles. The Morgan fingerprint density at radius 1 is 1.71 bits per heavy atom. The monoisotopic (exact) mass is 210 g/mol. The van der Waals surface area contributed by atoms with Gasteiger partial charge < -0.3 is 4.90 Å². The lowest BCUT2D eigenvalue weighted by atomic mass is 10.4. The number of hydrogen-bond acceptors (Lipinski definition) is 4. The maximum Gasteiger partial charge on any atom is 0.274 e. The molecule has 0 unspecified atom stereocenters. The molecule has 0 saturated carbocycles. The Morgan fingerprint density at radius 2 is 2.43 bits per heavy atom. The van der Waals surface area contributed by atoms with Crippen molar-refractivity contribution in [3.8, 4) is 6.07 Å². The highest BCUT2D eigenvalue weighted by molar-refractivity contribution is 6.29. The zero-order chi connectivity index (χ0) is 10.6. The second kappa shape index (κ2) is 4.53. The second-order valence-electron chi connectivity index (χ2n) is 2.55. The molecule has 0 aliphatic rings. The van der Waals surface area contributed by atoms with Crippen LogP contribution in [0.2, 0.25) is 5.15 Å². The average molecular weight is 211 g/mol. The van der Waals surface area contributed by atoms with E-state index in [1.54, 1.807) is 0 Å². The van der Waals surface area contributed by atoms with Gasteiger partial charge in [-0.3, -0.25) is 9.78 Å². The molecule has 1 heterocycles. The quantitative estimate of drug-likeness (QED) is 0.675. The van der Waals surface area contributed by atoms with Crippen molar-refractivity contribution < 1.29 is 4.79 Å². The fraction of sp³-hybridized carbons (Fsp3) is 0.250. The van der Waals surface area contributed by atoms with Crippen LogP contribution in [0.15, 0.2) is 12.4 Å². The van der Waals surface area contributed by atoms with Crippen LogP contribution in [0, 0.1) is 11.3 Å². The highest BCUT2D eigenvalue weighted by Crippen LogP contribution is 2.04. The van der Waals surface area contributed by atoms with Crippen LogP contribution >= 0.6 is 11.6 Å². The molecular formula is C8H7ClN4O. The van der Waals surface area contributed by atoms with Crippen LogP contribution in [-0.2, 0) is 0 Å². The number of nitriles is 1. The van der Waals surface area contributed by atoms with E-state index in [4.69, 9.17) is 16.9 Å². The van der Waals surface area contributed by atoms with Gasteiger partial charge in [0.1, 0.15) is 17.4 Å². The van der Waals surface area contributed by atoms with Gasteiger partial charge in [-0.05, 0) is 0 Å². The maximum absolute atomic E-state index is 11.5. The normalized spacial score (nSPS) is 9.21. The van der Waals surface area contributed by atoms with Crippen molar-refractivity contribution in [2.45, 2.75) is 0 Å². The zero-order valence-corrected chi connectivity index (χ0v) is 8.19. The molecule has 72 valence electrons. The van der Waals surface area contributed by atoms with Crippen molar-refractivity contribution in [3.05, 3.63) is 23.2 Å². The zero-order valence-electron chi connectivity index (χ0n) is 7.44. The molecule has 0 bridgehead atoms. The first-order valence-corrected chi connectivity index (χ1v) is 4.13. The summed E-state index contributed by atoms with van der Waals surface area (Å²) in [6, 6.07) is 1.86. The average Bonchev–Trinajstić information content (AvgIpc) is 2.17. The number of carbonyl (C=O) groups is 1. The van der Waals surface area contributed by atoms with E-state index in [1.165, 1.54) is 24.3 Å². The third-order valence-electron chi connectivity index (χ3n) is 1.48. The first-order chi connectivity index (χ1) is 6.65. The number of hydrogen-bond donors (Lipinski definition) is 0. The molecule has 6 heteroatoms. The molecule has 0 fully saturated rings. The Hall–Kier alpha value is -1.67. The molecule has 0 radical (unpaired) electrons. The van der Waals surface area contributed by atoms with Crippen molar-refractivity contribution in [2.75, 3.05) is 13.6 Å². The minimum absolute atomic E-state index is 0.00697. The summed E-state index contributed by atoms with van der Waals surface area (Å²) in [4.78, 5) is 20.2. The van der Waals surface area contributed by atoms with Crippen molar-refractivity contribution in [1.82, 2.24) is 14.9 Å². The van der Waals surface area contributed by atoms with E-state index >= 15 is 0 Å². The van der Waals surface area contributed by atoms with Crippen molar-refractivity contribution in [1.29, 1.82) is 5.26 Å². The maximum atomic E-state index is 11.5. The Bertz CT molecular complexity index is 387. The molecule has 1 rings (SSSR count). The number of aromatic nitrogens is 2. The molecule has 0 atom stereocenters. The minimum Gasteiger partial charge on any atom is -0.327 e. The molecule has 5 nitrogen and oxygen atoms in total. The third kappa shape index (κ3) is 2.41. The van der Waals surface area contributed by atoms with Crippen LogP contribution in [-0.4, -0.2) is 34.4 Å².